The monoisotopic (exact) mass is 235 g/mol. The van der Waals surface area contributed by atoms with Crippen molar-refractivity contribution in [3.8, 4) is 0 Å². The summed E-state index contributed by atoms with van der Waals surface area (Å²) in [4.78, 5) is 31.7. The number of aliphatic hydroxyl groups is 1. The molecule has 16 heavy (non-hydrogen) atoms. The van der Waals surface area contributed by atoms with E-state index in [4.69, 9.17) is 15.3 Å². The van der Waals surface area contributed by atoms with Crippen molar-refractivity contribution in [1.29, 1.82) is 0 Å². The van der Waals surface area contributed by atoms with Crippen LogP contribution in [0, 0.1) is 0 Å². The highest BCUT2D eigenvalue weighted by Gasteiger charge is 2.21. The number of aliphatic carboxylic acids is 3. The van der Waals surface area contributed by atoms with Crippen molar-refractivity contribution in [2.45, 2.75) is 19.1 Å². The fourth-order valence-corrected chi connectivity index (χ4v) is 1.05. The number of hydrogen-bond donors (Lipinski definition) is 4. The largest absolute Gasteiger partial charge is 0.481 e. The van der Waals surface area contributed by atoms with Crippen LogP contribution in [0.15, 0.2) is 0 Å². The van der Waals surface area contributed by atoms with Crippen LogP contribution in [0.4, 0.5) is 0 Å². The number of hydrogen-bond acceptors (Lipinski definition) is 5. The second-order valence-corrected chi connectivity index (χ2v) is 3.11. The number of carboxylic acids is 3. The molecule has 0 saturated heterocycles. The van der Waals surface area contributed by atoms with Crippen LogP contribution in [0.25, 0.3) is 0 Å². The molecular formula is C8H13NO7. The van der Waals surface area contributed by atoms with Crippen molar-refractivity contribution in [2.75, 3.05) is 13.1 Å². The lowest BCUT2D eigenvalue weighted by Gasteiger charge is -2.23. The molecule has 92 valence electrons. The molecule has 0 aliphatic carbocycles. The Balaban J connectivity index is 4.30. The molecule has 8 heteroatoms. The molecular weight excluding hydrogens is 222 g/mol. The maximum Gasteiger partial charge on any atom is 0.317 e. The van der Waals surface area contributed by atoms with Crippen LogP contribution in [0.2, 0.25) is 0 Å². The number of carboxylic acid groups (broad SMARTS) is 3. The second-order valence-electron chi connectivity index (χ2n) is 3.11. The Morgan fingerprint density at radius 1 is 0.938 bits per heavy atom. The van der Waals surface area contributed by atoms with Gasteiger partial charge in [0.25, 0.3) is 0 Å². The lowest BCUT2D eigenvalue weighted by atomic mass is 10.2. The normalized spacial score (nSPS) is 12.4. The van der Waals surface area contributed by atoms with Gasteiger partial charge in [0.2, 0.25) is 0 Å². The van der Waals surface area contributed by atoms with Crippen LogP contribution < -0.4 is 0 Å². The summed E-state index contributed by atoms with van der Waals surface area (Å²) in [5, 5.41) is 34.7. The van der Waals surface area contributed by atoms with Crippen molar-refractivity contribution >= 4 is 17.9 Å². The number of carbonyl (C=O) groups is 3. The summed E-state index contributed by atoms with van der Waals surface area (Å²) < 4.78 is 0. The lowest BCUT2D eigenvalue weighted by Crippen LogP contribution is -2.42. The first-order valence-electron chi connectivity index (χ1n) is 4.40. The van der Waals surface area contributed by atoms with Crippen LogP contribution in [-0.4, -0.2) is 62.6 Å². The molecule has 0 bridgehead atoms. The predicted octanol–water partition coefficient (Wildman–Crippen LogP) is -1.36. The van der Waals surface area contributed by atoms with Gasteiger partial charge in [-0.15, -0.1) is 0 Å². The van der Waals surface area contributed by atoms with E-state index in [1.807, 2.05) is 0 Å². The van der Waals surface area contributed by atoms with Gasteiger partial charge in [0.05, 0.1) is 13.1 Å². The summed E-state index contributed by atoms with van der Waals surface area (Å²) in [6.07, 6.45) is -1.99. The molecule has 1 unspecified atom stereocenters. The molecule has 0 spiro atoms. The highest BCUT2D eigenvalue weighted by Crippen LogP contribution is 2.04. The molecule has 0 amide bonds. The van der Waals surface area contributed by atoms with E-state index in [1.54, 1.807) is 0 Å². The Kier molecular flexibility index (Phi) is 6.04. The maximum absolute atomic E-state index is 10.4. The van der Waals surface area contributed by atoms with Gasteiger partial charge in [-0.1, -0.05) is 0 Å². The zero-order chi connectivity index (χ0) is 12.7. The average molecular weight is 235 g/mol. The van der Waals surface area contributed by atoms with Gasteiger partial charge in [0.1, 0.15) is 6.23 Å². The zero-order valence-electron chi connectivity index (χ0n) is 8.37. The van der Waals surface area contributed by atoms with Crippen molar-refractivity contribution in [1.82, 2.24) is 4.90 Å². The first-order chi connectivity index (χ1) is 7.32. The van der Waals surface area contributed by atoms with Gasteiger partial charge in [-0.25, -0.2) is 0 Å². The number of aliphatic hydroxyl groups excluding tert-OH is 1. The molecule has 0 radical (unpaired) electrons. The average Bonchev–Trinajstić information content (AvgIpc) is 2.11. The van der Waals surface area contributed by atoms with E-state index in [1.165, 1.54) is 0 Å². The number of rotatable bonds is 8. The molecule has 0 aromatic heterocycles. The van der Waals surface area contributed by atoms with Gasteiger partial charge in [0, 0.05) is 6.42 Å². The molecule has 4 N–H and O–H groups in total. The Hall–Kier alpha value is -1.67. The Labute approximate surface area is 90.7 Å². The quantitative estimate of drug-likeness (QED) is 0.379. The van der Waals surface area contributed by atoms with E-state index in [-0.39, 0.29) is 12.8 Å². The fraction of sp³-hybridized carbons (Fsp3) is 0.625. The van der Waals surface area contributed by atoms with Gasteiger partial charge < -0.3 is 20.4 Å². The molecule has 0 saturated carbocycles. The third-order valence-corrected chi connectivity index (χ3v) is 1.71. The van der Waals surface area contributed by atoms with Crippen LogP contribution in [0.1, 0.15) is 12.8 Å². The molecule has 0 aromatic rings. The van der Waals surface area contributed by atoms with Crippen LogP contribution in [-0.2, 0) is 14.4 Å². The highest BCUT2D eigenvalue weighted by atomic mass is 16.4. The Morgan fingerprint density at radius 3 is 1.69 bits per heavy atom. The Bertz CT molecular complexity index is 262. The molecule has 8 nitrogen and oxygen atoms in total. The minimum atomic E-state index is -1.40. The van der Waals surface area contributed by atoms with Crippen molar-refractivity contribution < 1.29 is 34.8 Å². The van der Waals surface area contributed by atoms with E-state index in [9.17, 15) is 19.5 Å². The molecule has 0 aliphatic heterocycles. The summed E-state index contributed by atoms with van der Waals surface area (Å²) >= 11 is 0. The standard InChI is InChI=1S/C8H13NO7/c10-5(1-2-6(11)12)9(3-7(13)14)4-8(15)16/h5,10H,1-4H2,(H,11,12)(H,13,14)(H,15,16). The first-order valence-corrected chi connectivity index (χ1v) is 4.40. The minimum Gasteiger partial charge on any atom is -0.481 e. The minimum absolute atomic E-state index is 0.226. The molecule has 0 fully saturated rings. The zero-order valence-corrected chi connectivity index (χ0v) is 8.37. The van der Waals surface area contributed by atoms with Crippen LogP contribution in [0.3, 0.4) is 0 Å². The summed E-state index contributed by atoms with van der Waals surface area (Å²) in [6.45, 7) is -1.32. The maximum atomic E-state index is 10.4. The van der Waals surface area contributed by atoms with E-state index in [0.717, 1.165) is 4.90 Å². The topological polar surface area (TPSA) is 135 Å². The van der Waals surface area contributed by atoms with Gasteiger partial charge >= 0.3 is 17.9 Å². The molecule has 0 aromatic carbocycles. The van der Waals surface area contributed by atoms with E-state index < -0.39 is 37.2 Å². The first kappa shape index (κ1) is 14.3. The smallest absolute Gasteiger partial charge is 0.317 e. The Morgan fingerprint density at radius 2 is 1.38 bits per heavy atom. The van der Waals surface area contributed by atoms with Gasteiger partial charge in [0.15, 0.2) is 0 Å². The van der Waals surface area contributed by atoms with Gasteiger partial charge in [-0.3, -0.25) is 19.3 Å². The molecule has 0 heterocycles. The van der Waals surface area contributed by atoms with Gasteiger partial charge in [-0.2, -0.15) is 0 Å². The summed E-state index contributed by atoms with van der Waals surface area (Å²) in [5.74, 6) is -3.74. The van der Waals surface area contributed by atoms with Crippen molar-refractivity contribution in [2.24, 2.45) is 0 Å². The van der Waals surface area contributed by atoms with Gasteiger partial charge in [-0.05, 0) is 6.42 Å². The predicted molar refractivity (Wildman–Crippen MR) is 49.7 cm³/mol. The lowest BCUT2D eigenvalue weighted by molar-refractivity contribution is -0.147. The summed E-state index contributed by atoms with van der Waals surface area (Å²) in [7, 11) is 0. The van der Waals surface area contributed by atoms with E-state index >= 15 is 0 Å². The fourth-order valence-electron chi connectivity index (χ4n) is 1.05. The number of nitrogens with zero attached hydrogens (tertiary/aromatic N) is 1. The van der Waals surface area contributed by atoms with E-state index in [2.05, 4.69) is 0 Å². The van der Waals surface area contributed by atoms with Crippen molar-refractivity contribution in [3.05, 3.63) is 0 Å². The molecule has 1 atom stereocenters. The summed E-state index contributed by atoms with van der Waals surface area (Å²) in [6, 6.07) is 0. The highest BCUT2D eigenvalue weighted by molar-refractivity contribution is 5.72. The third-order valence-electron chi connectivity index (χ3n) is 1.71. The van der Waals surface area contributed by atoms with E-state index in [0.29, 0.717) is 0 Å². The second kappa shape index (κ2) is 6.75. The van der Waals surface area contributed by atoms with Crippen molar-refractivity contribution in [3.63, 3.8) is 0 Å². The van der Waals surface area contributed by atoms with Crippen LogP contribution in [0.5, 0.6) is 0 Å². The molecule has 0 rings (SSSR count). The molecule has 0 aliphatic rings. The third kappa shape index (κ3) is 6.74. The van der Waals surface area contributed by atoms with Crippen LogP contribution >= 0.6 is 0 Å². The SMILES string of the molecule is O=C(O)CCC(O)N(CC(=O)O)CC(=O)O. The summed E-state index contributed by atoms with van der Waals surface area (Å²) in [5.41, 5.74) is 0.